The molecule has 2 aromatic heterocycles. The molecule has 474 valence electrons. The summed E-state index contributed by atoms with van der Waals surface area (Å²) in [6, 6.07) is 19.3. The van der Waals surface area contributed by atoms with Gasteiger partial charge in [0.25, 0.3) is 11.8 Å². The van der Waals surface area contributed by atoms with E-state index in [2.05, 4.69) is 51.3 Å². The van der Waals surface area contributed by atoms with Crippen LogP contribution in [0.15, 0.2) is 77.9 Å². The van der Waals surface area contributed by atoms with Crippen LogP contribution in [-0.2, 0) is 45.4 Å². The number of anilines is 1. The summed E-state index contributed by atoms with van der Waals surface area (Å²) in [5, 5.41) is 23.5. The number of nitrogens with zero attached hydrogens (tertiary/aromatic N) is 12. The lowest BCUT2D eigenvalue weighted by Gasteiger charge is -2.34. The van der Waals surface area contributed by atoms with E-state index in [1.54, 1.807) is 35.2 Å². The van der Waals surface area contributed by atoms with Crippen molar-refractivity contribution >= 4 is 98.1 Å². The van der Waals surface area contributed by atoms with Crippen LogP contribution in [0.3, 0.4) is 0 Å². The Balaban J connectivity index is 0.000000175. The van der Waals surface area contributed by atoms with Crippen molar-refractivity contribution in [1.82, 2.24) is 60.0 Å². The second-order valence-electron chi connectivity index (χ2n) is 22.9. The second-order valence-corrected chi connectivity index (χ2v) is 23.7. The standard InChI is InChI=1S/C30H34ClFN8O4.C23H20ClFN8O4.C7H14N2/c31-23-3-1-2-18(27(23)32)15-34-25(41)16-39(21-7-8-21)26(42)17-40-24-9-4-19(14-22(24)28(36-40)29(33)43)35-30(44)38-12-10-37(11-13-38)20-5-6-20;24-16-3-1-2-13(20(16)25)9-28-18(34)10-32(14-5-6-14)19(35)11-33-17-7-4-12(23(37)29-31-27)8-15(17)21(30-33)22(26)36;1-2-7(1)9-5-3-8-4-6-9/h1-4,9,14,20-21H,5-8,10-13,15-17H2,(H2,33,43)(H,34,41)(H,35,44);1-4,7-8,14H,5-6,9-11H2,(H2,26,36)(H,28,34);7-8H,1-6H2. The molecule has 12 rings (SSSR count). The molecule has 4 aromatic carbocycles. The normalized spacial score (nSPS) is 16.6. The number of azide groups is 1. The molecule has 6 aliphatic rings. The maximum Gasteiger partial charge on any atom is 0.321 e. The van der Waals surface area contributed by atoms with Crippen molar-refractivity contribution in [3.05, 3.63) is 133 Å². The summed E-state index contributed by atoms with van der Waals surface area (Å²) in [4.78, 5) is 113. The van der Waals surface area contributed by atoms with Crippen molar-refractivity contribution in [1.29, 1.82) is 0 Å². The number of nitrogens with two attached hydrogens (primary N) is 2. The zero-order valence-electron chi connectivity index (χ0n) is 49.1. The van der Waals surface area contributed by atoms with Crippen molar-refractivity contribution in [3.63, 3.8) is 0 Å². The van der Waals surface area contributed by atoms with Crippen LogP contribution in [0.2, 0.25) is 10.0 Å². The highest BCUT2D eigenvalue weighted by Crippen LogP contribution is 2.32. The van der Waals surface area contributed by atoms with Crippen LogP contribution in [0.1, 0.15) is 93.8 Å². The van der Waals surface area contributed by atoms with Crippen LogP contribution in [0.5, 0.6) is 0 Å². The molecular formula is C60H68Cl2F2N18O8. The third-order valence-corrected chi connectivity index (χ3v) is 16.9. The van der Waals surface area contributed by atoms with E-state index in [1.807, 2.05) is 0 Å². The molecule has 6 fully saturated rings. The first kappa shape index (κ1) is 64.2. The molecule has 4 aliphatic carbocycles. The highest BCUT2D eigenvalue weighted by atomic mass is 35.5. The summed E-state index contributed by atoms with van der Waals surface area (Å²) < 4.78 is 30.9. The number of carbonyl (C=O) groups excluding carboxylic acids is 8. The van der Waals surface area contributed by atoms with E-state index in [4.69, 9.17) is 40.2 Å². The van der Waals surface area contributed by atoms with Gasteiger partial charge in [0.15, 0.2) is 11.4 Å². The minimum Gasteiger partial charge on any atom is -0.364 e. The summed E-state index contributed by atoms with van der Waals surface area (Å²) in [7, 11) is 0. The van der Waals surface area contributed by atoms with Crippen molar-refractivity contribution < 1.29 is 47.1 Å². The largest absolute Gasteiger partial charge is 0.364 e. The first-order chi connectivity index (χ1) is 43.3. The Morgan fingerprint density at radius 2 is 1.10 bits per heavy atom. The maximum atomic E-state index is 14.2. The van der Waals surface area contributed by atoms with Gasteiger partial charge in [-0.2, -0.15) is 10.2 Å². The molecule has 30 heteroatoms. The number of piperazine rings is 2. The van der Waals surface area contributed by atoms with Crippen molar-refractivity contribution in [2.45, 2.75) is 102 Å². The minimum atomic E-state index is -0.878. The Morgan fingerprint density at radius 3 is 1.56 bits per heavy atom. The number of hydrogen-bond acceptors (Lipinski definition) is 13. The Bertz CT molecular complexity index is 3790. The van der Waals surface area contributed by atoms with Crippen LogP contribution in [0, 0.1) is 11.6 Å². The fourth-order valence-corrected chi connectivity index (χ4v) is 11.3. The SMILES string of the molecule is C1CN(C2CC2)CCN1.NC(=O)c1nn(CC(=O)N(CC(=O)NCc2cccc(Cl)c2F)C2CC2)c2ccc(NC(=O)N3CCN(C4CC4)CC3)cc12.[N-]=[N+]=NC(=O)c1ccc2c(c1)c(C(N)=O)nn2CC(=O)N(CC(=O)NCc1cccc(Cl)c1F)C1CC1. The van der Waals surface area contributed by atoms with E-state index in [-0.39, 0.29) is 107 Å². The highest BCUT2D eigenvalue weighted by Gasteiger charge is 2.37. The van der Waals surface area contributed by atoms with Gasteiger partial charge in [0.2, 0.25) is 29.5 Å². The van der Waals surface area contributed by atoms with E-state index in [9.17, 15) is 47.1 Å². The molecule has 0 radical (unpaired) electrons. The summed E-state index contributed by atoms with van der Waals surface area (Å²) in [6.45, 7) is 6.80. The summed E-state index contributed by atoms with van der Waals surface area (Å²) >= 11 is 11.6. The average Bonchev–Trinajstić information content (AvgIpc) is 2.01. The van der Waals surface area contributed by atoms with Crippen LogP contribution in [0.25, 0.3) is 32.2 Å². The molecule has 0 bridgehead atoms. The van der Waals surface area contributed by atoms with E-state index < -0.39 is 47.1 Å². The number of fused-ring (bicyclic) bond motifs is 2. The molecule has 0 atom stereocenters. The monoisotopic (exact) mass is 1280 g/mol. The molecular weight excluding hydrogens is 1210 g/mol. The maximum absolute atomic E-state index is 14.2. The molecule has 0 unspecified atom stereocenters. The molecule has 9 amide bonds. The van der Waals surface area contributed by atoms with Gasteiger partial charge in [0, 0.05) is 128 Å². The predicted octanol–water partition coefficient (Wildman–Crippen LogP) is 5.29. The zero-order valence-corrected chi connectivity index (χ0v) is 50.6. The third kappa shape index (κ3) is 16.3. The molecule has 26 nitrogen and oxygen atoms in total. The van der Waals surface area contributed by atoms with E-state index >= 15 is 0 Å². The molecule has 4 heterocycles. The first-order valence-electron chi connectivity index (χ1n) is 29.8. The number of hydrogen-bond donors (Lipinski definition) is 6. The highest BCUT2D eigenvalue weighted by molar-refractivity contribution is 6.31. The number of benzene rings is 4. The van der Waals surface area contributed by atoms with Gasteiger partial charge in [-0.15, -0.1) is 0 Å². The molecule has 6 aromatic rings. The zero-order chi connectivity index (χ0) is 63.8. The molecule has 90 heavy (non-hydrogen) atoms. The van der Waals surface area contributed by atoms with Gasteiger partial charge in [-0.3, -0.25) is 52.7 Å². The summed E-state index contributed by atoms with van der Waals surface area (Å²) in [6.07, 6.45) is 8.34. The first-order valence-corrected chi connectivity index (χ1v) is 30.5. The number of primary amides is 2. The fraction of sp³-hybridized carbons (Fsp3) is 0.433. The molecule has 8 N–H and O–H groups in total. The number of aromatic nitrogens is 4. The van der Waals surface area contributed by atoms with Gasteiger partial charge in [0.05, 0.1) is 34.2 Å². The Kier molecular flexibility index (Phi) is 20.5. The molecule has 0 spiro atoms. The topological polar surface area (TPSA) is 337 Å². The van der Waals surface area contributed by atoms with Gasteiger partial charge < -0.3 is 47.4 Å². The number of amides is 9. The van der Waals surface area contributed by atoms with Gasteiger partial charge >= 0.3 is 6.03 Å². The second kappa shape index (κ2) is 28.8. The molecule has 2 saturated heterocycles. The minimum absolute atomic E-state index is 0.0195. The lowest BCUT2D eigenvalue weighted by molar-refractivity contribution is -0.137. The van der Waals surface area contributed by atoms with Gasteiger partial charge in [-0.05, 0) is 111 Å². The number of nitrogens with one attached hydrogen (secondary N) is 4. The van der Waals surface area contributed by atoms with E-state index in [0.717, 1.165) is 44.8 Å². The van der Waals surface area contributed by atoms with Crippen molar-refractivity contribution in [3.8, 4) is 0 Å². The van der Waals surface area contributed by atoms with E-state index in [0.29, 0.717) is 41.2 Å². The predicted molar refractivity (Wildman–Crippen MR) is 329 cm³/mol. The molecule has 4 saturated carbocycles. The lowest BCUT2D eigenvalue weighted by atomic mass is 10.1. The Morgan fingerprint density at radius 1 is 0.633 bits per heavy atom. The van der Waals surface area contributed by atoms with E-state index in [1.165, 1.54) is 113 Å². The van der Waals surface area contributed by atoms with Crippen molar-refractivity contribution in [2.24, 2.45) is 16.6 Å². The fourth-order valence-electron chi connectivity index (χ4n) is 10.9. The van der Waals surface area contributed by atoms with Gasteiger partial charge in [0.1, 0.15) is 24.7 Å². The average molecular weight is 1280 g/mol. The van der Waals surface area contributed by atoms with Crippen LogP contribution in [-0.4, -0.2) is 181 Å². The van der Waals surface area contributed by atoms with Gasteiger partial charge in [-0.25, -0.2) is 13.6 Å². The van der Waals surface area contributed by atoms with Crippen molar-refractivity contribution in [2.75, 3.05) is 70.8 Å². The summed E-state index contributed by atoms with van der Waals surface area (Å²) in [5.74, 6) is -5.45. The third-order valence-electron chi connectivity index (χ3n) is 16.3. The number of carbonyl (C=O) groups is 8. The number of rotatable bonds is 20. The quantitative estimate of drug-likeness (QED) is 0.0322. The lowest BCUT2D eigenvalue weighted by Crippen LogP contribution is -2.50. The van der Waals surface area contributed by atoms with Crippen LogP contribution in [0.4, 0.5) is 19.3 Å². The molecule has 2 aliphatic heterocycles. The summed E-state index contributed by atoms with van der Waals surface area (Å²) in [5.41, 5.74) is 21.1. The smallest absolute Gasteiger partial charge is 0.321 e. The number of urea groups is 1. The van der Waals surface area contributed by atoms with Gasteiger partial charge in [-0.1, -0.05) is 47.5 Å². The van der Waals surface area contributed by atoms with Crippen LogP contribution < -0.4 is 32.7 Å². The Labute approximate surface area is 525 Å². The number of halogens is 4. The Hall–Kier alpha value is -8.79. The van der Waals surface area contributed by atoms with Crippen LogP contribution >= 0.6 is 23.2 Å².